The van der Waals surface area contributed by atoms with Crippen molar-refractivity contribution >= 4 is 23.4 Å². The Morgan fingerprint density at radius 1 is 1.29 bits per heavy atom. The average molecular weight is 305 g/mol. The summed E-state index contributed by atoms with van der Waals surface area (Å²) >= 11 is 5.87. The van der Waals surface area contributed by atoms with E-state index in [1.54, 1.807) is 19.1 Å². The largest absolute Gasteiger partial charge is 0.462 e. The number of rotatable bonds is 5. The van der Waals surface area contributed by atoms with E-state index in [0.717, 1.165) is 5.56 Å². The fourth-order valence-corrected chi connectivity index (χ4v) is 2.00. The number of nitrogens with one attached hydrogen (secondary N) is 1. The molecule has 0 aliphatic rings. The van der Waals surface area contributed by atoms with Crippen molar-refractivity contribution in [3.05, 3.63) is 58.7 Å². The van der Waals surface area contributed by atoms with E-state index in [2.05, 4.69) is 10.3 Å². The Morgan fingerprint density at radius 2 is 2.00 bits per heavy atom. The van der Waals surface area contributed by atoms with Gasteiger partial charge in [-0.05, 0) is 43.7 Å². The maximum Gasteiger partial charge on any atom is 0.339 e. The molecule has 0 amide bonds. The normalized spacial score (nSPS) is 11.8. The van der Waals surface area contributed by atoms with Crippen LogP contribution >= 0.6 is 11.6 Å². The average Bonchev–Trinajstić information content (AvgIpc) is 2.49. The molecule has 0 aliphatic carbocycles. The molecular weight excluding hydrogens is 288 g/mol. The number of ether oxygens (including phenoxy) is 1. The van der Waals surface area contributed by atoms with Crippen LogP contribution in [0.4, 0.5) is 5.82 Å². The Morgan fingerprint density at radius 3 is 2.57 bits per heavy atom. The first-order valence-electron chi connectivity index (χ1n) is 6.75. The summed E-state index contributed by atoms with van der Waals surface area (Å²) in [5.74, 6) is 0.341. The lowest BCUT2D eigenvalue weighted by atomic mass is 10.1. The fourth-order valence-electron chi connectivity index (χ4n) is 1.87. The maximum atomic E-state index is 11.5. The van der Waals surface area contributed by atoms with Crippen molar-refractivity contribution in [3.8, 4) is 0 Å². The molecule has 2 rings (SSSR count). The summed E-state index contributed by atoms with van der Waals surface area (Å²) in [5.41, 5.74) is 1.55. The molecule has 5 heteroatoms. The van der Waals surface area contributed by atoms with Crippen LogP contribution in [0, 0.1) is 0 Å². The van der Waals surface area contributed by atoms with E-state index in [1.165, 1.54) is 6.20 Å². The molecule has 0 fully saturated rings. The molecule has 1 aromatic carbocycles. The lowest BCUT2D eigenvalue weighted by Crippen LogP contribution is -2.09. The number of nitrogens with zero attached hydrogens (tertiary/aromatic N) is 1. The Kier molecular flexibility index (Phi) is 5.17. The van der Waals surface area contributed by atoms with Gasteiger partial charge in [-0.15, -0.1) is 0 Å². The van der Waals surface area contributed by atoms with Crippen LogP contribution in [0.1, 0.15) is 35.8 Å². The third kappa shape index (κ3) is 4.20. The van der Waals surface area contributed by atoms with Gasteiger partial charge in [0.15, 0.2) is 0 Å². The molecule has 1 atom stereocenters. The molecule has 2 aromatic rings. The van der Waals surface area contributed by atoms with E-state index in [9.17, 15) is 4.79 Å². The summed E-state index contributed by atoms with van der Waals surface area (Å²) in [5, 5.41) is 3.98. The minimum Gasteiger partial charge on any atom is -0.462 e. The predicted octanol–water partition coefficient (Wildman–Crippen LogP) is 4.08. The maximum absolute atomic E-state index is 11.5. The van der Waals surface area contributed by atoms with E-state index in [4.69, 9.17) is 16.3 Å². The molecule has 1 unspecified atom stereocenters. The van der Waals surface area contributed by atoms with Gasteiger partial charge in [-0.3, -0.25) is 0 Å². The van der Waals surface area contributed by atoms with Crippen molar-refractivity contribution in [2.45, 2.75) is 19.9 Å². The van der Waals surface area contributed by atoms with Crippen molar-refractivity contribution in [3.63, 3.8) is 0 Å². The molecule has 0 radical (unpaired) electrons. The van der Waals surface area contributed by atoms with Crippen LogP contribution in [0.2, 0.25) is 5.02 Å². The lowest BCUT2D eigenvalue weighted by molar-refractivity contribution is 0.0526. The lowest BCUT2D eigenvalue weighted by Gasteiger charge is -2.15. The van der Waals surface area contributed by atoms with Gasteiger partial charge in [0, 0.05) is 17.3 Å². The Bertz CT molecular complexity index is 597. The van der Waals surface area contributed by atoms with Crippen molar-refractivity contribution in [2.75, 3.05) is 11.9 Å². The first-order valence-corrected chi connectivity index (χ1v) is 7.13. The van der Waals surface area contributed by atoms with Crippen LogP contribution in [-0.2, 0) is 4.74 Å². The summed E-state index contributed by atoms with van der Waals surface area (Å²) < 4.78 is 4.92. The van der Waals surface area contributed by atoms with Gasteiger partial charge in [0.2, 0.25) is 0 Å². The van der Waals surface area contributed by atoms with Crippen LogP contribution in [0.15, 0.2) is 42.6 Å². The van der Waals surface area contributed by atoms with Gasteiger partial charge in [-0.1, -0.05) is 23.7 Å². The van der Waals surface area contributed by atoms with Gasteiger partial charge in [0.1, 0.15) is 5.82 Å². The number of pyridine rings is 1. The zero-order valence-corrected chi connectivity index (χ0v) is 12.7. The van der Waals surface area contributed by atoms with Gasteiger partial charge in [0.05, 0.1) is 12.2 Å². The van der Waals surface area contributed by atoms with Gasteiger partial charge in [-0.2, -0.15) is 0 Å². The first-order chi connectivity index (χ1) is 10.1. The number of benzene rings is 1. The molecule has 0 spiro atoms. The number of aromatic nitrogens is 1. The number of hydrogen-bond acceptors (Lipinski definition) is 4. The molecule has 110 valence electrons. The molecule has 4 nitrogen and oxygen atoms in total. The highest BCUT2D eigenvalue weighted by Gasteiger charge is 2.09. The fraction of sp³-hybridized carbons (Fsp3) is 0.250. The molecule has 0 aliphatic heterocycles. The molecule has 1 N–H and O–H groups in total. The number of carbonyl (C=O) groups is 1. The number of hydrogen-bond donors (Lipinski definition) is 1. The molecule has 1 heterocycles. The molecule has 21 heavy (non-hydrogen) atoms. The summed E-state index contributed by atoms with van der Waals surface area (Å²) in [6, 6.07) is 11.2. The predicted molar refractivity (Wildman–Crippen MR) is 83.7 cm³/mol. The van der Waals surface area contributed by atoms with Gasteiger partial charge >= 0.3 is 5.97 Å². The van der Waals surface area contributed by atoms with E-state index in [-0.39, 0.29) is 12.0 Å². The second kappa shape index (κ2) is 7.09. The Hall–Kier alpha value is -2.07. The van der Waals surface area contributed by atoms with Crippen LogP contribution in [0.25, 0.3) is 0 Å². The van der Waals surface area contributed by atoms with Crippen LogP contribution in [0.5, 0.6) is 0 Å². The third-order valence-corrected chi connectivity index (χ3v) is 3.26. The zero-order valence-electron chi connectivity index (χ0n) is 12.0. The number of anilines is 1. The van der Waals surface area contributed by atoms with E-state index >= 15 is 0 Å². The molecule has 0 saturated carbocycles. The SMILES string of the molecule is CCOC(=O)c1ccc(NC(C)c2ccc(Cl)cc2)nc1. The van der Waals surface area contributed by atoms with Gasteiger partial charge in [0.25, 0.3) is 0 Å². The van der Waals surface area contributed by atoms with Gasteiger partial charge in [-0.25, -0.2) is 9.78 Å². The van der Waals surface area contributed by atoms with Crippen LogP contribution in [-0.4, -0.2) is 17.6 Å². The topological polar surface area (TPSA) is 51.2 Å². The molecule has 0 bridgehead atoms. The van der Waals surface area contributed by atoms with Gasteiger partial charge < -0.3 is 10.1 Å². The monoisotopic (exact) mass is 304 g/mol. The standard InChI is InChI=1S/C16H17ClN2O2/c1-3-21-16(20)13-6-9-15(18-10-13)19-11(2)12-4-7-14(17)8-5-12/h4-11H,3H2,1-2H3,(H,18,19). The highest BCUT2D eigenvalue weighted by Crippen LogP contribution is 2.20. The second-order valence-electron chi connectivity index (χ2n) is 4.57. The molecule has 1 aromatic heterocycles. The van der Waals surface area contributed by atoms with Crippen LogP contribution < -0.4 is 5.32 Å². The summed E-state index contributed by atoms with van der Waals surface area (Å²) in [6.07, 6.45) is 1.51. The van der Waals surface area contributed by atoms with Crippen molar-refractivity contribution < 1.29 is 9.53 Å². The van der Waals surface area contributed by atoms with E-state index < -0.39 is 0 Å². The molecular formula is C16H17ClN2O2. The number of esters is 1. The summed E-state index contributed by atoms with van der Waals surface area (Å²) in [4.78, 5) is 15.8. The Balaban J connectivity index is 2.02. The summed E-state index contributed by atoms with van der Waals surface area (Å²) in [6.45, 7) is 4.16. The molecule has 0 saturated heterocycles. The highest BCUT2D eigenvalue weighted by atomic mass is 35.5. The number of halogens is 1. The smallest absolute Gasteiger partial charge is 0.339 e. The van der Waals surface area contributed by atoms with Crippen molar-refractivity contribution in [1.82, 2.24) is 4.98 Å². The second-order valence-corrected chi connectivity index (χ2v) is 5.01. The zero-order chi connectivity index (χ0) is 15.2. The quantitative estimate of drug-likeness (QED) is 0.845. The first kappa shape index (κ1) is 15.3. The Labute approximate surface area is 129 Å². The van der Waals surface area contributed by atoms with Crippen molar-refractivity contribution in [1.29, 1.82) is 0 Å². The number of carbonyl (C=O) groups excluding carboxylic acids is 1. The van der Waals surface area contributed by atoms with E-state index in [1.807, 2.05) is 31.2 Å². The third-order valence-electron chi connectivity index (χ3n) is 3.01. The highest BCUT2D eigenvalue weighted by molar-refractivity contribution is 6.30. The summed E-state index contributed by atoms with van der Waals surface area (Å²) in [7, 11) is 0. The van der Waals surface area contributed by atoms with Crippen molar-refractivity contribution in [2.24, 2.45) is 0 Å². The minimum absolute atomic E-state index is 0.0863. The van der Waals surface area contributed by atoms with Crippen LogP contribution in [0.3, 0.4) is 0 Å². The van der Waals surface area contributed by atoms with E-state index in [0.29, 0.717) is 23.0 Å². The minimum atomic E-state index is -0.359.